The molecule has 1 heterocycles. The van der Waals surface area contributed by atoms with E-state index in [0.29, 0.717) is 12.8 Å². The lowest BCUT2D eigenvalue weighted by Gasteiger charge is -2.31. The van der Waals surface area contributed by atoms with Crippen molar-refractivity contribution in [3.05, 3.63) is 65.0 Å². The van der Waals surface area contributed by atoms with E-state index >= 15 is 0 Å². The maximum absolute atomic E-state index is 13.1. The molecule has 7 heteroatoms. The topological polar surface area (TPSA) is 66.5 Å². The monoisotopic (exact) mass is 432 g/mol. The van der Waals surface area contributed by atoms with Gasteiger partial charge >= 0.3 is 0 Å². The Morgan fingerprint density at radius 2 is 1.77 bits per heavy atom. The first-order valence-corrected chi connectivity index (χ1v) is 11.8. The average Bonchev–Trinajstić information content (AvgIpc) is 2.72. The first-order valence-electron chi connectivity index (χ1n) is 10.4. The lowest BCUT2D eigenvalue weighted by molar-refractivity contribution is -0.126. The number of piperidine rings is 1. The minimum absolute atomic E-state index is 0.0272. The van der Waals surface area contributed by atoms with Crippen molar-refractivity contribution in [3.63, 3.8) is 0 Å². The van der Waals surface area contributed by atoms with Gasteiger partial charge in [0.2, 0.25) is 15.9 Å². The first kappa shape index (κ1) is 22.4. The van der Waals surface area contributed by atoms with Gasteiger partial charge in [0, 0.05) is 19.0 Å². The number of nitrogens with one attached hydrogen (secondary N) is 1. The summed E-state index contributed by atoms with van der Waals surface area (Å²) in [6.07, 6.45) is 1.72. The van der Waals surface area contributed by atoms with Crippen LogP contribution in [-0.4, -0.2) is 31.7 Å². The van der Waals surface area contributed by atoms with Crippen molar-refractivity contribution in [2.45, 2.75) is 51.0 Å². The van der Waals surface area contributed by atoms with Crippen molar-refractivity contribution < 1.29 is 17.6 Å². The van der Waals surface area contributed by atoms with Crippen LogP contribution in [0.1, 0.15) is 48.9 Å². The normalized spacial score (nSPS) is 16.9. The Morgan fingerprint density at radius 1 is 1.13 bits per heavy atom. The zero-order valence-electron chi connectivity index (χ0n) is 17.7. The molecule has 1 atom stereocenters. The Morgan fingerprint density at radius 3 is 2.33 bits per heavy atom. The highest BCUT2D eigenvalue weighted by Gasteiger charge is 2.32. The largest absolute Gasteiger partial charge is 0.349 e. The van der Waals surface area contributed by atoms with Crippen LogP contribution in [0.4, 0.5) is 4.39 Å². The molecular weight excluding hydrogens is 403 g/mol. The molecule has 2 aromatic rings. The van der Waals surface area contributed by atoms with Crippen molar-refractivity contribution in [3.8, 4) is 0 Å². The molecule has 2 aromatic carbocycles. The molecule has 1 aliphatic heterocycles. The number of sulfonamides is 1. The molecular formula is C23H29FN2O3S. The third-order valence-corrected chi connectivity index (χ3v) is 7.71. The van der Waals surface area contributed by atoms with Gasteiger partial charge in [0.05, 0.1) is 10.9 Å². The van der Waals surface area contributed by atoms with Gasteiger partial charge in [-0.1, -0.05) is 30.7 Å². The quantitative estimate of drug-likeness (QED) is 0.747. The van der Waals surface area contributed by atoms with Crippen LogP contribution in [0, 0.1) is 25.6 Å². The number of nitrogens with zero attached hydrogens (tertiary/aromatic N) is 1. The van der Waals surface area contributed by atoms with E-state index < -0.39 is 15.8 Å². The molecule has 30 heavy (non-hydrogen) atoms. The number of halogens is 1. The Bertz CT molecular complexity index is 998. The predicted octanol–water partition coefficient (Wildman–Crippen LogP) is 4.11. The van der Waals surface area contributed by atoms with Crippen LogP contribution in [0.25, 0.3) is 0 Å². The standard InChI is InChI=1S/C23H29FN2O3S/c1-4-22(21-10-5-16(2)15-17(21)3)25-23(27)18-11-13-26(14-12-18)30(28,29)20-8-6-19(24)7-9-20/h5-10,15,18,22H,4,11-14H2,1-3H3,(H,25,27)/t22-/m1/s1. The fraction of sp³-hybridized carbons (Fsp3) is 0.435. The minimum atomic E-state index is -3.67. The molecule has 0 saturated carbocycles. The van der Waals surface area contributed by atoms with Crippen molar-refractivity contribution in [1.82, 2.24) is 9.62 Å². The number of hydrogen-bond acceptors (Lipinski definition) is 3. The molecule has 162 valence electrons. The second-order valence-corrected chi connectivity index (χ2v) is 9.90. The molecule has 3 rings (SSSR count). The molecule has 1 saturated heterocycles. The van der Waals surface area contributed by atoms with E-state index in [-0.39, 0.29) is 35.9 Å². The zero-order valence-corrected chi connectivity index (χ0v) is 18.5. The SMILES string of the molecule is CC[C@@H](NC(=O)C1CCN(S(=O)(=O)c2ccc(F)cc2)CC1)c1ccc(C)cc1C. The van der Waals surface area contributed by atoms with Crippen LogP contribution in [0.5, 0.6) is 0 Å². The number of rotatable bonds is 6. The van der Waals surface area contributed by atoms with Crippen molar-refractivity contribution >= 4 is 15.9 Å². The molecule has 0 bridgehead atoms. The summed E-state index contributed by atoms with van der Waals surface area (Å²) >= 11 is 0. The molecule has 5 nitrogen and oxygen atoms in total. The van der Waals surface area contributed by atoms with Crippen LogP contribution in [-0.2, 0) is 14.8 Å². The van der Waals surface area contributed by atoms with Gasteiger partial charge in [0.25, 0.3) is 0 Å². The summed E-state index contributed by atoms with van der Waals surface area (Å²) in [6.45, 7) is 6.69. The molecule has 0 unspecified atom stereocenters. The maximum atomic E-state index is 13.1. The summed E-state index contributed by atoms with van der Waals surface area (Å²) in [6, 6.07) is 11.0. The minimum Gasteiger partial charge on any atom is -0.349 e. The lowest BCUT2D eigenvalue weighted by Crippen LogP contribution is -2.43. The fourth-order valence-corrected chi connectivity index (χ4v) is 5.49. The highest BCUT2D eigenvalue weighted by Crippen LogP contribution is 2.26. The third kappa shape index (κ3) is 4.90. The molecule has 0 aliphatic carbocycles. The van der Waals surface area contributed by atoms with E-state index in [1.54, 1.807) is 0 Å². The Kier molecular flexibility index (Phi) is 6.93. The summed E-state index contributed by atoms with van der Waals surface area (Å²) in [7, 11) is -3.67. The maximum Gasteiger partial charge on any atom is 0.243 e. The van der Waals surface area contributed by atoms with Crippen LogP contribution in [0.3, 0.4) is 0 Å². The summed E-state index contributed by atoms with van der Waals surface area (Å²) < 4.78 is 40.0. The Hall–Kier alpha value is -2.25. The van der Waals surface area contributed by atoms with Crippen LogP contribution < -0.4 is 5.32 Å². The van der Waals surface area contributed by atoms with Gasteiger partial charge in [-0.3, -0.25) is 4.79 Å². The highest BCUT2D eigenvalue weighted by molar-refractivity contribution is 7.89. The average molecular weight is 433 g/mol. The third-order valence-electron chi connectivity index (χ3n) is 5.80. The number of amides is 1. The van der Waals surface area contributed by atoms with Crippen LogP contribution in [0.2, 0.25) is 0 Å². The zero-order chi connectivity index (χ0) is 21.9. The second-order valence-electron chi connectivity index (χ2n) is 7.96. The lowest BCUT2D eigenvalue weighted by atomic mass is 9.94. The van der Waals surface area contributed by atoms with E-state index in [1.807, 2.05) is 13.8 Å². The number of carbonyl (C=O) groups is 1. The van der Waals surface area contributed by atoms with Gasteiger partial charge in [-0.25, -0.2) is 12.8 Å². The first-order chi connectivity index (χ1) is 14.2. The number of aryl methyl sites for hydroxylation is 2. The molecule has 1 amide bonds. The predicted molar refractivity (Wildman–Crippen MR) is 115 cm³/mol. The molecule has 0 spiro atoms. The van der Waals surface area contributed by atoms with Gasteiger partial charge in [0.15, 0.2) is 0 Å². The Labute approximate surface area is 178 Å². The van der Waals surface area contributed by atoms with Crippen molar-refractivity contribution in [2.75, 3.05) is 13.1 Å². The van der Waals surface area contributed by atoms with E-state index in [4.69, 9.17) is 0 Å². The number of hydrogen-bond donors (Lipinski definition) is 1. The van der Waals surface area contributed by atoms with Crippen molar-refractivity contribution in [1.29, 1.82) is 0 Å². The molecule has 1 N–H and O–H groups in total. The van der Waals surface area contributed by atoms with Gasteiger partial charge < -0.3 is 5.32 Å². The van der Waals surface area contributed by atoms with E-state index in [0.717, 1.165) is 29.7 Å². The molecule has 0 radical (unpaired) electrons. The van der Waals surface area contributed by atoms with Gasteiger partial charge in [-0.2, -0.15) is 4.31 Å². The van der Waals surface area contributed by atoms with Gasteiger partial charge in [-0.05, 0) is 68.5 Å². The van der Waals surface area contributed by atoms with Gasteiger partial charge in [0.1, 0.15) is 5.82 Å². The summed E-state index contributed by atoms with van der Waals surface area (Å²) in [5.41, 5.74) is 3.46. The summed E-state index contributed by atoms with van der Waals surface area (Å²) in [4.78, 5) is 12.9. The molecule has 1 aliphatic rings. The van der Waals surface area contributed by atoms with Crippen LogP contribution in [0.15, 0.2) is 47.4 Å². The summed E-state index contributed by atoms with van der Waals surface area (Å²) in [5.74, 6) is -0.719. The van der Waals surface area contributed by atoms with E-state index in [2.05, 4.69) is 30.4 Å². The second kappa shape index (κ2) is 9.27. The number of benzene rings is 2. The fourth-order valence-electron chi connectivity index (χ4n) is 4.02. The molecule has 0 aromatic heterocycles. The smallest absolute Gasteiger partial charge is 0.243 e. The number of carbonyl (C=O) groups excluding carboxylic acids is 1. The van der Waals surface area contributed by atoms with Crippen molar-refractivity contribution in [2.24, 2.45) is 5.92 Å². The Balaban J connectivity index is 1.62. The summed E-state index contributed by atoms with van der Waals surface area (Å²) in [5, 5.41) is 3.16. The highest BCUT2D eigenvalue weighted by atomic mass is 32.2. The van der Waals surface area contributed by atoms with Crippen LogP contribution >= 0.6 is 0 Å². The van der Waals surface area contributed by atoms with E-state index in [1.165, 1.54) is 22.0 Å². The van der Waals surface area contributed by atoms with E-state index in [9.17, 15) is 17.6 Å². The molecule has 1 fully saturated rings. The van der Waals surface area contributed by atoms with Gasteiger partial charge in [-0.15, -0.1) is 0 Å².